The predicted molar refractivity (Wildman–Crippen MR) is 477 cm³/mol. The molecule has 4 fully saturated rings. The lowest BCUT2D eigenvalue weighted by Crippen LogP contribution is -2.56. The lowest BCUT2D eigenvalue weighted by Gasteiger charge is -2.42. The zero-order chi connectivity index (χ0) is 92.6. The molecule has 0 spiro atoms. The number of amides is 3. The van der Waals surface area contributed by atoms with E-state index in [0.717, 1.165) is 48.7 Å². The number of benzene rings is 3. The van der Waals surface area contributed by atoms with E-state index in [-0.39, 0.29) is 137 Å². The fourth-order valence-electron chi connectivity index (χ4n) is 16.7. The van der Waals surface area contributed by atoms with Gasteiger partial charge >= 0.3 is 17.1 Å². The number of terminal acetylenes is 1. The number of halogens is 6. The van der Waals surface area contributed by atoms with Crippen molar-refractivity contribution in [2.24, 2.45) is 5.92 Å². The highest BCUT2D eigenvalue weighted by molar-refractivity contribution is 5.95. The summed E-state index contributed by atoms with van der Waals surface area (Å²) in [6.45, 7) is 37.2. The average molecular weight is 1750 g/mol. The van der Waals surface area contributed by atoms with Crippen molar-refractivity contribution in [3.63, 3.8) is 0 Å². The van der Waals surface area contributed by atoms with Gasteiger partial charge in [0.15, 0.2) is 40.6 Å². The Labute approximate surface area is 736 Å². The molecule has 3 unspecified atom stereocenters. The fourth-order valence-corrected chi connectivity index (χ4v) is 16.7. The summed E-state index contributed by atoms with van der Waals surface area (Å²) < 4.78 is 96.4. The normalized spacial score (nSPS) is 15.9. The minimum atomic E-state index is -0.952. The van der Waals surface area contributed by atoms with Crippen molar-refractivity contribution in [2.75, 3.05) is 73.6 Å². The number of fused-ring (bicyclic) bond motifs is 3. The van der Waals surface area contributed by atoms with Gasteiger partial charge in [0.25, 0.3) is 0 Å². The summed E-state index contributed by atoms with van der Waals surface area (Å²) in [4.78, 5) is 133. The quantitative estimate of drug-likeness (QED) is 0.0330. The van der Waals surface area contributed by atoms with E-state index in [1.807, 2.05) is 53.4 Å². The van der Waals surface area contributed by atoms with E-state index in [4.69, 9.17) is 13.0 Å². The minimum absolute atomic E-state index is 0.0255. The summed E-state index contributed by atoms with van der Waals surface area (Å²) in [7, 11) is 0. The second-order valence-corrected chi connectivity index (χ2v) is 32.4. The SMILES string of the molecule is C#CC1CN(C(=O)C=C)CCN1c1nc(=O)n(-c2c(C)ccnc2C(C)C)c2nc(-c3c(O)cccc3F)c(F)cc12.C=CC(=O)N1CCN(c2nc(=O)n(-c3c(C)ccnc3C(C)C)c3nc(-c4c(O)cccc4F)c(F)cc23)C(C2CC2)C1.[C-]#[N+]/C=C/C1CN(C(=O)C=C)CCN1c1nc(=O)n(-c2c(C)ccnc2C(C)C)c2nc(-c3c(O)cccc3F)c(F)cc12. The molecule has 0 bridgehead atoms. The molecule has 4 aliphatic rings. The third-order valence-electron chi connectivity index (χ3n) is 23.1. The molecule has 28 nitrogen and oxygen atoms in total. The van der Waals surface area contributed by atoms with Crippen LogP contribution in [0.15, 0.2) is 174 Å². The number of phenols is 3. The number of hydrogen-bond acceptors (Lipinski definition) is 21. The zero-order valence-corrected chi connectivity index (χ0v) is 71.9. The Balaban J connectivity index is 0.000000156. The number of piperazine rings is 3. The molecule has 129 heavy (non-hydrogen) atoms. The molecule has 3 saturated heterocycles. The molecule has 0 radical (unpaired) electrons. The molecule has 3 atom stereocenters. The maximum absolute atomic E-state index is 16.0. The molecule has 12 aromatic rings. The van der Waals surface area contributed by atoms with Crippen LogP contribution >= 0.6 is 0 Å². The highest BCUT2D eigenvalue weighted by Crippen LogP contribution is 2.45. The van der Waals surface area contributed by atoms with Crippen LogP contribution in [0.2, 0.25) is 0 Å². The van der Waals surface area contributed by atoms with Crippen LogP contribution in [0.5, 0.6) is 17.2 Å². The van der Waals surface area contributed by atoms with Gasteiger partial charge in [-0.2, -0.15) is 15.0 Å². The van der Waals surface area contributed by atoms with Crippen LogP contribution in [0.4, 0.5) is 43.8 Å². The van der Waals surface area contributed by atoms with Crippen LogP contribution in [0, 0.1) is 80.5 Å². The number of anilines is 3. The van der Waals surface area contributed by atoms with Gasteiger partial charge in [-0.3, -0.25) is 29.3 Å². The van der Waals surface area contributed by atoms with Crippen molar-refractivity contribution in [3.05, 3.63) is 271 Å². The smallest absolute Gasteiger partial charge is 0.355 e. The molecule has 3 aliphatic heterocycles. The number of rotatable bonds is 17. The largest absolute Gasteiger partial charge is 0.507 e. The Morgan fingerprint density at radius 3 is 1.14 bits per heavy atom. The maximum atomic E-state index is 16.0. The third kappa shape index (κ3) is 17.3. The molecule has 12 heterocycles. The second kappa shape index (κ2) is 37.1. The predicted octanol–water partition coefficient (Wildman–Crippen LogP) is 13.9. The first-order valence-corrected chi connectivity index (χ1v) is 41.5. The van der Waals surface area contributed by atoms with Gasteiger partial charge in [-0.15, -0.1) is 6.42 Å². The lowest BCUT2D eigenvalue weighted by molar-refractivity contribution is -0.127. The van der Waals surface area contributed by atoms with E-state index in [1.165, 1.54) is 85.5 Å². The summed E-state index contributed by atoms with van der Waals surface area (Å²) in [6.07, 6.45) is 19.2. The van der Waals surface area contributed by atoms with E-state index in [0.29, 0.717) is 64.9 Å². The molecule has 3 aromatic carbocycles. The van der Waals surface area contributed by atoms with Crippen LogP contribution in [-0.2, 0) is 14.4 Å². The minimum Gasteiger partial charge on any atom is -0.507 e. The van der Waals surface area contributed by atoms with E-state index in [1.54, 1.807) is 76.3 Å². The molecular formula is C95H89F6N19O9. The summed E-state index contributed by atoms with van der Waals surface area (Å²) in [5.41, 5.74) is 0.314. The van der Waals surface area contributed by atoms with Gasteiger partial charge in [0.1, 0.15) is 75.3 Å². The zero-order valence-electron chi connectivity index (χ0n) is 71.9. The molecule has 34 heteroatoms. The number of hydrogen-bond donors (Lipinski definition) is 3. The second-order valence-electron chi connectivity index (χ2n) is 32.4. The number of aromatic hydroxyl groups is 3. The maximum Gasteiger partial charge on any atom is 0.355 e. The van der Waals surface area contributed by atoms with E-state index < -0.39 is 115 Å². The molecule has 9 aromatic heterocycles. The monoisotopic (exact) mass is 1750 g/mol. The van der Waals surface area contributed by atoms with Crippen LogP contribution in [0.3, 0.4) is 0 Å². The fraction of sp³-hybridized carbons (Fsp3) is 0.284. The van der Waals surface area contributed by atoms with Gasteiger partial charge in [0.05, 0.1) is 92.2 Å². The molecule has 3 amide bonds. The number of carbonyl (C=O) groups is 3. The summed E-state index contributed by atoms with van der Waals surface area (Å²) >= 11 is 0. The van der Waals surface area contributed by atoms with Crippen LogP contribution in [0.1, 0.15) is 106 Å². The van der Waals surface area contributed by atoms with Crippen molar-refractivity contribution < 1.29 is 56.0 Å². The first kappa shape index (κ1) is 90.0. The Morgan fingerprint density at radius 1 is 0.473 bits per heavy atom. The van der Waals surface area contributed by atoms with Gasteiger partial charge < -0.3 is 44.7 Å². The van der Waals surface area contributed by atoms with Gasteiger partial charge in [-0.1, -0.05) is 91.5 Å². The molecule has 1 aliphatic carbocycles. The topological polar surface area (TPSA) is 318 Å². The summed E-state index contributed by atoms with van der Waals surface area (Å²) in [5.74, 6) is -4.70. The van der Waals surface area contributed by atoms with Crippen molar-refractivity contribution in [1.29, 1.82) is 0 Å². The molecular weight excluding hydrogens is 1670 g/mol. The molecule has 16 rings (SSSR count). The average Bonchev–Trinajstić information content (AvgIpc) is 1.10. The van der Waals surface area contributed by atoms with Gasteiger partial charge in [0.2, 0.25) is 17.7 Å². The summed E-state index contributed by atoms with van der Waals surface area (Å²) in [6, 6.07) is 18.0. The first-order valence-electron chi connectivity index (χ1n) is 41.5. The Bertz CT molecular complexity index is 6840. The van der Waals surface area contributed by atoms with Gasteiger partial charge in [-0.25, -0.2) is 74.2 Å². The summed E-state index contributed by atoms with van der Waals surface area (Å²) in [5, 5.41) is 32.0. The Kier molecular flexibility index (Phi) is 25.9. The number of phenolic OH excluding ortho intramolecular Hbond substituents is 3. The molecule has 1 saturated carbocycles. The van der Waals surface area contributed by atoms with Crippen molar-refractivity contribution in [2.45, 2.75) is 111 Å². The van der Waals surface area contributed by atoms with Crippen LogP contribution in [-0.4, -0.2) is 183 Å². The number of aromatic nitrogens is 12. The van der Waals surface area contributed by atoms with E-state index >= 15 is 13.2 Å². The Morgan fingerprint density at radius 2 is 0.806 bits per heavy atom. The highest BCUT2D eigenvalue weighted by Gasteiger charge is 2.43. The Hall–Kier alpha value is -15.2. The lowest BCUT2D eigenvalue weighted by atomic mass is 10.0. The van der Waals surface area contributed by atoms with E-state index in [2.05, 4.69) is 75.4 Å². The van der Waals surface area contributed by atoms with Crippen LogP contribution < -0.4 is 31.8 Å². The number of carbonyl (C=O) groups excluding carboxylic acids is 3. The van der Waals surface area contributed by atoms with Crippen molar-refractivity contribution in [1.82, 2.24) is 73.3 Å². The highest BCUT2D eigenvalue weighted by atomic mass is 19.1. The van der Waals surface area contributed by atoms with Crippen molar-refractivity contribution in [3.8, 4) is 80.4 Å². The standard InChI is InChI=1S/C32H29F2N7O3.C32H32F2N6O3.C31H28F2N6O3/c1-6-25(43)39-14-15-40(20(17-39)11-12-35-5)30-21-16-23(34)28(26-22(33)8-7-9-24(26)42)37-31(21)41(32(44)38-30)29-19(4)10-13-36-27(29)18(2)3;1-5-25(42)38-13-14-39(23(16-38)19-9-10-19)30-20-15-22(34)28(26-21(33)7-6-8-24(26)41)36-31(20)40(32(43)37-30)29-18(4)11-12-35-27(29)17(2)3;1-6-19-16-37(24(41)7-2)13-14-38(19)29-20-15-22(33)27(25-21(32)9-8-10-23(25)40)35-30(20)39(31(42)36-29)28-18(5)11-12-34-26(28)17(3)4/h6-13,16,18,20,42H,1,14-15,17H2,2-4H3;5-8,11-12,15,17,19,23,41H,1,9-10,13-14,16H2,2-4H3;1,7-12,15,17,19,40H,2,13-14,16H2,3-5H3/b12-11+;;. The first-order chi connectivity index (χ1) is 61.7. The van der Waals surface area contributed by atoms with Crippen molar-refractivity contribution >= 4 is 68.3 Å². The van der Waals surface area contributed by atoms with E-state index in [9.17, 15) is 57.3 Å². The van der Waals surface area contributed by atoms with Gasteiger partial charge in [0, 0.05) is 70.9 Å². The molecule has 660 valence electrons. The van der Waals surface area contributed by atoms with Gasteiger partial charge in [-0.05, 0) is 165 Å². The number of aryl methyl sites for hydroxylation is 3. The molecule has 3 N–H and O–H groups in total. The van der Waals surface area contributed by atoms with Crippen LogP contribution in [0.25, 0.3) is 88.8 Å². The number of pyridine rings is 6. The number of nitrogens with zero attached hydrogens (tertiary/aromatic N) is 19. The third-order valence-corrected chi connectivity index (χ3v) is 23.1.